The molecular formula is C7H8ClNO2S. The number of carbonyl (C=O) groups is 1. The summed E-state index contributed by atoms with van der Waals surface area (Å²) < 4.78 is 1.41. The SMILES string of the molecule is CCCn1c(Cl)c(C=O)sc1=O. The zero-order valence-corrected chi connectivity index (χ0v) is 8.11. The molecule has 0 N–H and O–H groups in total. The molecule has 0 saturated carbocycles. The summed E-state index contributed by atoms with van der Waals surface area (Å²) in [7, 11) is 0. The Hall–Kier alpha value is -0.610. The Kier molecular flexibility index (Phi) is 3.05. The van der Waals surface area contributed by atoms with Crippen molar-refractivity contribution in [3.05, 3.63) is 19.7 Å². The van der Waals surface area contributed by atoms with Gasteiger partial charge in [-0.25, -0.2) is 0 Å². The fraction of sp³-hybridized carbons (Fsp3) is 0.429. The lowest BCUT2D eigenvalue weighted by atomic mass is 10.5. The molecule has 0 aromatic carbocycles. The molecule has 0 aliphatic rings. The number of halogens is 1. The molecule has 0 atom stereocenters. The normalized spacial score (nSPS) is 10.2. The van der Waals surface area contributed by atoms with Crippen LogP contribution in [-0.2, 0) is 6.54 Å². The van der Waals surface area contributed by atoms with E-state index in [9.17, 15) is 9.59 Å². The van der Waals surface area contributed by atoms with E-state index in [0.717, 1.165) is 17.8 Å². The molecular weight excluding hydrogens is 198 g/mol. The summed E-state index contributed by atoms with van der Waals surface area (Å²) in [5.74, 6) is 0. The topological polar surface area (TPSA) is 39.1 Å². The summed E-state index contributed by atoms with van der Waals surface area (Å²) in [6.45, 7) is 2.52. The first-order valence-electron chi connectivity index (χ1n) is 3.55. The number of hydrogen-bond acceptors (Lipinski definition) is 3. The van der Waals surface area contributed by atoms with E-state index in [2.05, 4.69) is 0 Å². The molecule has 0 bridgehead atoms. The van der Waals surface area contributed by atoms with Crippen LogP contribution >= 0.6 is 22.9 Å². The average Bonchev–Trinajstić information content (AvgIpc) is 2.32. The van der Waals surface area contributed by atoms with Crippen molar-refractivity contribution in [1.29, 1.82) is 0 Å². The fourth-order valence-corrected chi connectivity index (χ4v) is 1.99. The Morgan fingerprint density at radius 2 is 2.33 bits per heavy atom. The molecule has 1 aromatic heterocycles. The number of aldehydes is 1. The minimum atomic E-state index is -0.163. The molecule has 0 radical (unpaired) electrons. The van der Waals surface area contributed by atoms with Crippen LogP contribution in [0, 0.1) is 0 Å². The number of rotatable bonds is 3. The summed E-state index contributed by atoms with van der Waals surface area (Å²) in [5, 5.41) is 0.266. The Labute approximate surface area is 78.6 Å². The van der Waals surface area contributed by atoms with Crippen molar-refractivity contribution in [3.8, 4) is 0 Å². The number of hydrogen-bond donors (Lipinski definition) is 0. The van der Waals surface area contributed by atoms with Crippen molar-refractivity contribution in [3.63, 3.8) is 0 Å². The molecule has 1 heterocycles. The first-order valence-corrected chi connectivity index (χ1v) is 4.74. The van der Waals surface area contributed by atoms with Crippen LogP contribution in [0.25, 0.3) is 0 Å². The zero-order chi connectivity index (χ0) is 9.14. The van der Waals surface area contributed by atoms with Gasteiger partial charge in [-0.3, -0.25) is 14.2 Å². The molecule has 1 rings (SSSR count). The Balaban J connectivity index is 3.18. The van der Waals surface area contributed by atoms with Gasteiger partial charge in [0.05, 0.1) is 0 Å². The highest BCUT2D eigenvalue weighted by Gasteiger charge is 2.10. The van der Waals surface area contributed by atoms with Crippen molar-refractivity contribution in [2.24, 2.45) is 0 Å². The van der Waals surface area contributed by atoms with Crippen molar-refractivity contribution in [2.75, 3.05) is 0 Å². The summed E-state index contributed by atoms with van der Waals surface area (Å²) in [6.07, 6.45) is 1.44. The van der Waals surface area contributed by atoms with E-state index in [1.807, 2.05) is 6.92 Å². The van der Waals surface area contributed by atoms with E-state index in [-0.39, 0.29) is 10.0 Å². The summed E-state index contributed by atoms with van der Waals surface area (Å²) in [4.78, 5) is 21.7. The van der Waals surface area contributed by atoms with E-state index in [0.29, 0.717) is 17.7 Å². The van der Waals surface area contributed by atoms with E-state index in [1.165, 1.54) is 4.57 Å². The quantitative estimate of drug-likeness (QED) is 0.706. The van der Waals surface area contributed by atoms with Gasteiger partial charge in [0.2, 0.25) is 0 Å². The minimum Gasteiger partial charge on any atom is -0.297 e. The smallest absolute Gasteiger partial charge is 0.297 e. The summed E-state index contributed by atoms with van der Waals surface area (Å²) >= 11 is 6.64. The molecule has 66 valence electrons. The number of aromatic nitrogens is 1. The van der Waals surface area contributed by atoms with Crippen LogP contribution in [-0.4, -0.2) is 10.9 Å². The molecule has 12 heavy (non-hydrogen) atoms. The van der Waals surface area contributed by atoms with Crippen molar-refractivity contribution in [2.45, 2.75) is 19.9 Å². The van der Waals surface area contributed by atoms with Gasteiger partial charge < -0.3 is 0 Å². The Morgan fingerprint density at radius 1 is 1.67 bits per heavy atom. The first-order chi connectivity index (χ1) is 5.70. The maximum absolute atomic E-state index is 11.1. The number of thiazole rings is 1. The van der Waals surface area contributed by atoms with E-state index < -0.39 is 0 Å². The van der Waals surface area contributed by atoms with Gasteiger partial charge in [-0.15, -0.1) is 0 Å². The largest absolute Gasteiger partial charge is 0.308 e. The van der Waals surface area contributed by atoms with Gasteiger partial charge in [-0.2, -0.15) is 0 Å². The van der Waals surface area contributed by atoms with Crippen LogP contribution in [0.2, 0.25) is 5.15 Å². The number of carbonyl (C=O) groups excluding carboxylic acids is 1. The second kappa shape index (κ2) is 3.87. The Morgan fingerprint density at radius 3 is 2.75 bits per heavy atom. The summed E-state index contributed by atoms with van der Waals surface area (Å²) in [5.41, 5.74) is 0. The average molecular weight is 206 g/mol. The maximum atomic E-state index is 11.1. The second-order valence-corrected chi connectivity index (χ2v) is 3.64. The molecule has 0 amide bonds. The highest BCUT2D eigenvalue weighted by atomic mass is 35.5. The third-order valence-electron chi connectivity index (χ3n) is 1.41. The molecule has 0 unspecified atom stereocenters. The molecule has 3 nitrogen and oxygen atoms in total. The lowest BCUT2D eigenvalue weighted by Crippen LogP contribution is -2.12. The predicted molar refractivity (Wildman–Crippen MR) is 49.3 cm³/mol. The Bertz CT molecular complexity index is 342. The van der Waals surface area contributed by atoms with Crippen LogP contribution in [0.1, 0.15) is 23.0 Å². The molecule has 1 aromatic rings. The molecule has 5 heteroatoms. The van der Waals surface area contributed by atoms with Crippen LogP contribution < -0.4 is 4.87 Å². The van der Waals surface area contributed by atoms with Gasteiger partial charge in [0.1, 0.15) is 10.0 Å². The standard InChI is InChI=1S/C7H8ClNO2S/c1-2-3-9-6(8)5(4-10)12-7(9)11/h4H,2-3H2,1H3. The third-order valence-corrected chi connectivity index (χ3v) is 2.84. The van der Waals surface area contributed by atoms with Crippen molar-refractivity contribution < 1.29 is 4.79 Å². The summed E-state index contributed by atoms with van der Waals surface area (Å²) in [6, 6.07) is 0. The van der Waals surface area contributed by atoms with Crippen molar-refractivity contribution >= 4 is 29.2 Å². The van der Waals surface area contributed by atoms with Gasteiger partial charge in [0.15, 0.2) is 6.29 Å². The lowest BCUT2D eigenvalue weighted by Gasteiger charge is -1.97. The third kappa shape index (κ3) is 1.59. The van der Waals surface area contributed by atoms with Crippen LogP contribution in [0.3, 0.4) is 0 Å². The molecule has 0 aliphatic carbocycles. The van der Waals surface area contributed by atoms with Crippen LogP contribution in [0.15, 0.2) is 4.79 Å². The highest BCUT2D eigenvalue weighted by Crippen LogP contribution is 2.16. The second-order valence-electron chi connectivity index (χ2n) is 2.29. The fourth-order valence-electron chi connectivity index (χ4n) is 0.890. The van der Waals surface area contributed by atoms with Crippen molar-refractivity contribution in [1.82, 2.24) is 4.57 Å². The van der Waals surface area contributed by atoms with Gasteiger partial charge >= 0.3 is 4.87 Å². The maximum Gasteiger partial charge on any atom is 0.308 e. The van der Waals surface area contributed by atoms with Crippen LogP contribution in [0.5, 0.6) is 0 Å². The van der Waals surface area contributed by atoms with E-state index >= 15 is 0 Å². The predicted octanol–water partition coefficient (Wildman–Crippen LogP) is 1.79. The molecule has 0 spiro atoms. The van der Waals surface area contributed by atoms with Gasteiger partial charge in [0.25, 0.3) is 0 Å². The molecule has 0 fully saturated rings. The highest BCUT2D eigenvalue weighted by molar-refractivity contribution is 7.11. The monoisotopic (exact) mass is 205 g/mol. The molecule has 0 aliphatic heterocycles. The van der Waals surface area contributed by atoms with Gasteiger partial charge in [-0.05, 0) is 6.42 Å². The number of nitrogens with zero attached hydrogens (tertiary/aromatic N) is 1. The van der Waals surface area contributed by atoms with Gasteiger partial charge in [0, 0.05) is 6.54 Å². The van der Waals surface area contributed by atoms with Crippen LogP contribution in [0.4, 0.5) is 0 Å². The molecule has 0 saturated heterocycles. The van der Waals surface area contributed by atoms with E-state index in [4.69, 9.17) is 11.6 Å². The first kappa shape index (κ1) is 9.48. The van der Waals surface area contributed by atoms with E-state index in [1.54, 1.807) is 0 Å². The lowest BCUT2D eigenvalue weighted by molar-refractivity contribution is 0.112. The zero-order valence-electron chi connectivity index (χ0n) is 6.54. The minimum absolute atomic E-state index is 0.163. The van der Waals surface area contributed by atoms with Gasteiger partial charge in [-0.1, -0.05) is 29.9 Å².